The molecule has 0 atom stereocenters. The van der Waals surface area contributed by atoms with Crippen molar-refractivity contribution in [2.24, 2.45) is 4.99 Å². The number of hydrogen-bond donors (Lipinski definition) is 1. The third-order valence-electron chi connectivity index (χ3n) is 7.05. The van der Waals surface area contributed by atoms with E-state index in [1.807, 2.05) is 36.6 Å². The Morgan fingerprint density at radius 2 is 1.69 bits per heavy atom. The third-order valence-corrected chi connectivity index (χ3v) is 7.05. The van der Waals surface area contributed by atoms with Gasteiger partial charge in [-0.25, -0.2) is 12.5 Å². The largest absolute Gasteiger partial charge is 1.00 e. The Balaban J connectivity index is 0.000000782. The number of nitrogens with one attached hydrogen (secondary N) is 1. The van der Waals surface area contributed by atoms with Crippen molar-refractivity contribution in [1.82, 2.24) is 4.98 Å². The molecule has 0 amide bonds. The molecule has 1 aromatic heterocycles. The number of allylic oxidation sites excluding steroid dienone is 10. The zero-order valence-electron chi connectivity index (χ0n) is 30.1. The first kappa shape index (κ1) is 42.8. The van der Waals surface area contributed by atoms with E-state index in [2.05, 4.69) is 123 Å². The van der Waals surface area contributed by atoms with Crippen molar-refractivity contribution in [3.63, 3.8) is 0 Å². The van der Waals surface area contributed by atoms with Crippen LogP contribution in [0.2, 0.25) is 0 Å². The molecule has 3 rings (SSSR count). The minimum absolute atomic E-state index is 0. The number of anilines is 1. The Morgan fingerprint density at radius 3 is 2.22 bits per heavy atom. The monoisotopic (exact) mass is 630 g/mol. The van der Waals surface area contributed by atoms with E-state index in [9.17, 15) is 0 Å². The van der Waals surface area contributed by atoms with Crippen LogP contribution >= 0.6 is 0 Å². The van der Waals surface area contributed by atoms with Crippen molar-refractivity contribution >= 4 is 22.7 Å². The zero-order valence-corrected chi connectivity index (χ0v) is 33.2. The number of nitrogens with zero attached hydrogens (tertiary/aromatic N) is 2. The average Bonchev–Trinajstić information content (AvgIpc) is 3.01. The summed E-state index contributed by atoms with van der Waals surface area (Å²) in [5, 5.41) is 3.39. The standard InChI is InChI=1S/C21H25N.C17H24N2.C3H8.K/c1-15(2)8-6-9-17(4)21-20(10-7-13-22-21)19-12-11-16(3)18(5)14-19;1-6-9-14(5)15-10-11-17(18-12-15)19-16(8-3)13(4)7-2;1-3-2;/h6,8-12,14H,4,7,13H2,1-3,5H3;9-12H,1,5-8H2,2-4H3,(H,18,19);3H2,1-2H3;/q;-2;;+1/b9-6-;14-9+,16-13+;;. The van der Waals surface area contributed by atoms with Crippen LogP contribution in [0.15, 0.2) is 101 Å². The van der Waals surface area contributed by atoms with Crippen LogP contribution in [0.5, 0.6) is 0 Å². The van der Waals surface area contributed by atoms with Crippen LogP contribution in [0, 0.1) is 27.7 Å². The van der Waals surface area contributed by atoms with Crippen molar-refractivity contribution in [3.05, 3.63) is 132 Å². The molecule has 0 fully saturated rings. The van der Waals surface area contributed by atoms with Gasteiger partial charge in [-0.15, -0.1) is 11.6 Å². The van der Waals surface area contributed by atoms with Crippen molar-refractivity contribution in [3.8, 4) is 0 Å². The summed E-state index contributed by atoms with van der Waals surface area (Å²) >= 11 is 0. The van der Waals surface area contributed by atoms with Crippen LogP contribution in [0.4, 0.5) is 5.82 Å². The van der Waals surface area contributed by atoms with Gasteiger partial charge in [0.25, 0.3) is 0 Å². The average molecular weight is 631 g/mol. The van der Waals surface area contributed by atoms with E-state index >= 15 is 0 Å². The minimum atomic E-state index is 0. The fraction of sp³-hybridized carbons (Fsp3) is 0.366. The van der Waals surface area contributed by atoms with Gasteiger partial charge in [0.15, 0.2) is 0 Å². The fourth-order valence-corrected chi connectivity index (χ4v) is 4.26. The first-order valence-electron chi connectivity index (χ1n) is 16.1. The molecule has 0 aliphatic carbocycles. The Labute approximate surface area is 319 Å². The predicted molar refractivity (Wildman–Crippen MR) is 199 cm³/mol. The Hall–Kier alpha value is -2.21. The van der Waals surface area contributed by atoms with E-state index in [0.717, 1.165) is 60.5 Å². The topological polar surface area (TPSA) is 37.3 Å². The summed E-state index contributed by atoms with van der Waals surface area (Å²) in [6, 6.07) is 10.6. The van der Waals surface area contributed by atoms with Crippen LogP contribution in [-0.4, -0.2) is 17.2 Å². The summed E-state index contributed by atoms with van der Waals surface area (Å²) < 4.78 is 0. The van der Waals surface area contributed by atoms with E-state index in [1.54, 1.807) is 0 Å². The number of hydrogen-bond acceptors (Lipinski definition) is 3. The molecular formula is C41H57KN3-. The molecule has 1 aliphatic heterocycles. The van der Waals surface area contributed by atoms with E-state index in [0.29, 0.717) is 0 Å². The van der Waals surface area contributed by atoms with E-state index in [1.165, 1.54) is 45.5 Å². The summed E-state index contributed by atoms with van der Waals surface area (Å²) in [5.74, 6) is 0.885. The summed E-state index contributed by atoms with van der Waals surface area (Å²) in [4.78, 5) is 9.15. The number of aliphatic imine (C=N–C) groups is 1. The fourth-order valence-electron chi connectivity index (χ4n) is 4.26. The molecule has 1 aromatic carbocycles. The second kappa shape index (κ2) is 24.0. The maximum Gasteiger partial charge on any atom is 1.00 e. The van der Waals surface area contributed by atoms with Crippen LogP contribution in [0.1, 0.15) is 103 Å². The molecule has 0 unspecified atom stereocenters. The molecule has 1 aliphatic rings. The molecular weight excluding hydrogens is 574 g/mol. The van der Waals surface area contributed by atoms with Gasteiger partial charge in [0.2, 0.25) is 0 Å². The molecule has 45 heavy (non-hydrogen) atoms. The maximum atomic E-state index is 4.71. The first-order valence-corrected chi connectivity index (χ1v) is 16.1. The molecule has 1 N–H and O–H groups in total. The van der Waals surface area contributed by atoms with Crippen LogP contribution in [0.3, 0.4) is 0 Å². The third kappa shape index (κ3) is 15.8. The van der Waals surface area contributed by atoms with Gasteiger partial charge in [0.05, 0.1) is 5.71 Å². The summed E-state index contributed by atoms with van der Waals surface area (Å²) in [6.45, 7) is 32.0. The Morgan fingerprint density at radius 1 is 1.00 bits per heavy atom. The number of rotatable bonds is 10. The van der Waals surface area contributed by atoms with Gasteiger partial charge in [0.1, 0.15) is 5.82 Å². The second-order valence-electron chi connectivity index (χ2n) is 11.3. The van der Waals surface area contributed by atoms with Crippen LogP contribution < -0.4 is 56.7 Å². The number of aromatic nitrogens is 1. The molecule has 0 bridgehead atoms. The quantitative estimate of drug-likeness (QED) is 0.162. The smallest absolute Gasteiger partial charge is 0.351 e. The van der Waals surface area contributed by atoms with Crippen LogP contribution in [-0.2, 0) is 0 Å². The Bertz CT molecular complexity index is 1380. The number of dihydropyridines is 1. The normalized spacial score (nSPS) is 13.1. The van der Waals surface area contributed by atoms with Gasteiger partial charge in [-0.2, -0.15) is 12.5 Å². The van der Waals surface area contributed by atoms with Gasteiger partial charge in [-0.1, -0.05) is 94.3 Å². The molecule has 0 saturated carbocycles. The van der Waals surface area contributed by atoms with Gasteiger partial charge in [0, 0.05) is 17.8 Å². The molecule has 4 heteroatoms. The SMILES string of the molecule is C=C(/C=C\C=C(C)C)C1=NCCC=C1c1ccc(C)c(C)c1.CCC.[CH2-]C/C=C(\[CH2-])c1ccc(N/C(CC)=C(\C)CC)nc1.[K+]. The van der Waals surface area contributed by atoms with Crippen molar-refractivity contribution in [1.29, 1.82) is 0 Å². The summed E-state index contributed by atoms with van der Waals surface area (Å²) in [6.07, 6.45) is 17.4. The maximum absolute atomic E-state index is 4.71. The molecule has 2 heterocycles. The summed E-state index contributed by atoms with van der Waals surface area (Å²) in [5.41, 5.74) is 13.0. The van der Waals surface area contributed by atoms with Crippen LogP contribution in [0.25, 0.3) is 11.1 Å². The van der Waals surface area contributed by atoms with E-state index < -0.39 is 0 Å². The van der Waals surface area contributed by atoms with E-state index in [-0.39, 0.29) is 51.4 Å². The minimum Gasteiger partial charge on any atom is -0.351 e. The molecule has 238 valence electrons. The Kier molecular flexibility index (Phi) is 22.8. The van der Waals surface area contributed by atoms with Gasteiger partial charge < -0.3 is 12.2 Å². The number of aryl methyl sites for hydroxylation is 2. The number of benzene rings is 1. The number of pyridine rings is 1. The molecule has 0 saturated heterocycles. The molecule has 3 nitrogen and oxygen atoms in total. The van der Waals surface area contributed by atoms with Gasteiger partial charge >= 0.3 is 51.4 Å². The van der Waals surface area contributed by atoms with Gasteiger partial charge in [-0.3, -0.25) is 9.98 Å². The predicted octanol–water partition coefficient (Wildman–Crippen LogP) is 9.06. The van der Waals surface area contributed by atoms with Crippen molar-refractivity contribution in [2.45, 2.75) is 94.4 Å². The summed E-state index contributed by atoms with van der Waals surface area (Å²) in [7, 11) is 0. The molecule has 0 spiro atoms. The first-order chi connectivity index (χ1) is 21.0. The van der Waals surface area contributed by atoms with Gasteiger partial charge in [-0.05, 0) is 88.4 Å². The second-order valence-corrected chi connectivity index (χ2v) is 11.3. The molecule has 2 aromatic rings. The molecule has 0 radical (unpaired) electrons. The van der Waals surface area contributed by atoms with E-state index in [4.69, 9.17) is 4.99 Å². The van der Waals surface area contributed by atoms with Crippen molar-refractivity contribution < 1.29 is 51.4 Å². The zero-order chi connectivity index (χ0) is 33.1. The van der Waals surface area contributed by atoms with Crippen molar-refractivity contribution in [2.75, 3.05) is 11.9 Å².